The predicted octanol–water partition coefficient (Wildman–Crippen LogP) is 2.16. The average molecular weight is 371 g/mol. The van der Waals surface area contributed by atoms with Crippen molar-refractivity contribution in [3.8, 4) is 0 Å². The Kier molecular flexibility index (Phi) is 4.26. The first kappa shape index (κ1) is 17.5. The van der Waals surface area contributed by atoms with Gasteiger partial charge in [0.15, 0.2) is 22.6 Å². The maximum absolute atomic E-state index is 13.4. The molecule has 4 heterocycles. The summed E-state index contributed by atoms with van der Waals surface area (Å²) in [6.45, 7) is 1.26. The van der Waals surface area contributed by atoms with Crippen molar-refractivity contribution in [3.63, 3.8) is 0 Å². The topological polar surface area (TPSA) is 65.3 Å². The largest absolute Gasteiger partial charge is 0.419 e. The van der Waals surface area contributed by atoms with Gasteiger partial charge in [0.2, 0.25) is 0 Å². The Morgan fingerprint density at radius 2 is 2.19 bits per heavy atom. The van der Waals surface area contributed by atoms with E-state index in [2.05, 4.69) is 15.0 Å². The predicted molar refractivity (Wildman–Crippen MR) is 86.9 cm³/mol. The van der Waals surface area contributed by atoms with Crippen molar-refractivity contribution in [2.45, 2.75) is 43.7 Å². The molecule has 0 spiro atoms. The zero-order chi connectivity index (χ0) is 18.4. The zero-order valence-corrected chi connectivity index (χ0v) is 14.4. The lowest BCUT2D eigenvalue weighted by molar-refractivity contribution is -0.260. The summed E-state index contributed by atoms with van der Waals surface area (Å²) in [6.07, 6.45) is 0.549. The zero-order valence-electron chi connectivity index (χ0n) is 14.4. The van der Waals surface area contributed by atoms with E-state index < -0.39 is 11.8 Å². The number of alkyl halides is 3. The van der Waals surface area contributed by atoms with E-state index in [0.717, 1.165) is 26.6 Å². The van der Waals surface area contributed by atoms with Gasteiger partial charge in [0.05, 0.1) is 25.5 Å². The summed E-state index contributed by atoms with van der Waals surface area (Å²) in [4.78, 5) is 14.4. The van der Waals surface area contributed by atoms with Gasteiger partial charge in [-0.1, -0.05) is 0 Å². The molecule has 2 saturated heterocycles. The maximum Gasteiger partial charge on any atom is 0.419 e. The molecule has 2 unspecified atom stereocenters. The Labute approximate surface area is 148 Å². The van der Waals surface area contributed by atoms with E-state index in [-0.39, 0.29) is 25.6 Å². The van der Waals surface area contributed by atoms with Crippen molar-refractivity contribution in [2.24, 2.45) is 0 Å². The lowest BCUT2D eigenvalue weighted by Gasteiger charge is -2.30. The Bertz CT molecular complexity index is 790. The van der Waals surface area contributed by atoms with Crippen LogP contribution >= 0.6 is 0 Å². The van der Waals surface area contributed by atoms with Crippen LogP contribution < -0.4 is 4.90 Å². The van der Waals surface area contributed by atoms with Crippen molar-refractivity contribution in [2.75, 3.05) is 31.7 Å². The van der Waals surface area contributed by atoms with Crippen LogP contribution in [0.2, 0.25) is 0 Å². The fourth-order valence-corrected chi connectivity index (χ4v) is 3.72. The molecule has 142 valence electrons. The monoisotopic (exact) mass is 371 g/mol. The highest BCUT2D eigenvalue weighted by atomic mass is 19.4. The first-order valence-corrected chi connectivity index (χ1v) is 8.58. The summed E-state index contributed by atoms with van der Waals surface area (Å²) in [5.41, 5.74) is -1.07. The van der Waals surface area contributed by atoms with Crippen LogP contribution in [0.25, 0.3) is 11.2 Å². The van der Waals surface area contributed by atoms with E-state index in [9.17, 15) is 13.2 Å². The Balaban J connectivity index is 1.62. The standard InChI is InChI=1S/C16H20F3N5O2/c1-25-15(16(17,18)19)4-5-23(8-15)13-12-14(21-9-20-13)24(10-22-12)7-11-3-2-6-26-11/h9-11H,2-8H2,1H3. The molecule has 2 atom stereocenters. The number of hydrogen-bond acceptors (Lipinski definition) is 6. The van der Waals surface area contributed by atoms with Gasteiger partial charge in [-0.2, -0.15) is 13.2 Å². The summed E-state index contributed by atoms with van der Waals surface area (Å²) in [6, 6.07) is 0. The molecule has 0 aliphatic carbocycles. The molecule has 0 bridgehead atoms. The van der Waals surface area contributed by atoms with Gasteiger partial charge in [-0.15, -0.1) is 0 Å². The minimum atomic E-state index is -4.44. The van der Waals surface area contributed by atoms with Crippen molar-refractivity contribution < 1.29 is 22.6 Å². The fraction of sp³-hybridized carbons (Fsp3) is 0.688. The van der Waals surface area contributed by atoms with Gasteiger partial charge in [0.25, 0.3) is 0 Å². The molecular formula is C16H20F3N5O2. The van der Waals surface area contributed by atoms with Gasteiger partial charge in [-0.3, -0.25) is 0 Å². The quantitative estimate of drug-likeness (QED) is 0.821. The Morgan fingerprint density at radius 1 is 1.35 bits per heavy atom. The molecule has 10 heteroatoms. The van der Waals surface area contributed by atoms with Crippen LogP contribution in [-0.4, -0.2) is 64.2 Å². The summed E-state index contributed by atoms with van der Waals surface area (Å²) in [7, 11) is 1.10. The van der Waals surface area contributed by atoms with Crippen molar-refractivity contribution in [1.29, 1.82) is 0 Å². The molecule has 2 fully saturated rings. The van der Waals surface area contributed by atoms with Gasteiger partial charge in [0, 0.05) is 26.7 Å². The first-order valence-electron chi connectivity index (χ1n) is 8.58. The van der Waals surface area contributed by atoms with E-state index in [1.807, 2.05) is 4.57 Å². The Morgan fingerprint density at radius 3 is 2.85 bits per heavy atom. The molecule has 0 saturated carbocycles. The van der Waals surface area contributed by atoms with E-state index in [4.69, 9.17) is 9.47 Å². The second-order valence-corrected chi connectivity index (χ2v) is 6.77. The minimum absolute atomic E-state index is 0.115. The SMILES string of the molecule is COC1(C(F)(F)F)CCN(c2ncnc3c2ncn3CC2CCCO2)C1. The number of ether oxygens (including phenoxy) is 2. The summed E-state index contributed by atoms with van der Waals surface area (Å²) >= 11 is 0. The average Bonchev–Trinajstić information content (AvgIpc) is 3.34. The normalized spacial score (nSPS) is 26.9. The molecule has 2 aliphatic rings. The smallest absolute Gasteiger partial charge is 0.376 e. The third kappa shape index (κ3) is 2.81. The number of hydrogen-bond donors (Lipinski definition) is 0. The molecule has 2 aromatic heterocycles. The second-order valence-electron chi connectivity index (χ2n) is 6.77. The van der Waals surface area contributed by atoms with Crippen LogP contribution in [-0.2, 0) is 16.0 Å². The highest BCUT2D eigenvalue weighted by Gasteiger charge is 2.59. The summed E-state index contributed by atoms with van der Waals surface area (Å²) in [5.74, 6) is 0.407. The molecule has 7 nitrogen and oxygen atoms in total. The number of methoxy groups -OCH3 is 1. The minimum Gasteiger partial charge on any atom is -0.376 e. The number of imidazole rings is 1. The lowest BCUT2D eigenvalue weighted by Crippen LogP contribution is -2.49. The van der Waals surface area contributed by atoms with Crippen LogP contribution in [0.4, 0.5) is 19.0 Å². The highest BCUT2D eigenvalue weighted by Crippen LogP contribution is 2.42. The summed E-state index contributed by atoms with van der Waals surface area (Å²) in [5, 5.41) is 0. The lowest BCUT2D eigenvalue weighted by atomic mass is 10.0. The molecule has 4 rings (SSSR count). The maximum atomic E-state index is 13.4. The van der Waals surface area contributed by atoms with Crippen LogP contribution in [0.1, 0.15) is 19.3 Å². The number of anilines is 1. The van der Waals surface area contributed by atoms with E-state index in [1.54, 1.807) is 11.2 Å². The van der Waals surface area contributed by atoms with Gasteiger partial charge in [0.1, 0.15) is 6.33 Å². The summed E-state index contributed by atoms with van der Waals surface area (Å²) < 4.78 is 52.7. The number of aromatic nitrogens is 4. The van der Waals surface area contributed by atoms with E-state index >= 15 is 0 Å². The van der Waals surface area contributed by atoms with Gasteiger partial charge >= 0.3 is 6.18 Å². The molecule has 2 aliphatic heterocycles. The first-order chi connectivity index (χ1) is 12.4. The molecule has 0 amide bonds. The molecule has 0 radical (unpaired) electrons. The van der Waals surface area contributed by atoms with Crippen LogP contribution in [0.3, 0.4) is 0 Å². The third-order valence-corrected chi connectivity index (χ3v) is 5.24. The van der Waals surface area contributed by atoms with Crippen LogP contribution in [0.5, 0.6) is 0 Å². The third-order valence-electron chi connectivity index (χ3n) is 5.24. The molecule has 0 N–H and O–H groups in total. The number of rotatable bonds is 4. The Hall–Kier alpha value is -1.94. The molecule has 0 aromatic carbocycles. The molecular weight excluding hydrogens is 351 g/mol. The van der Waals surface area contributed by atoms with E-state index in [1.165, 1.54) is 6.33 Å². The highest BCUT2D eigenvalue weighted by molar-refractivity contribution is 5.83. The fourth-order valence-electron chi connectivity index (χ4n) is 3.72. The molecule has 26 heavy (non-hydrogen) atoms. The van der Waals surface area contributed by atoms with Gasteiger partial charge < -0.3 is 18.9 Å². The van der Waals surface area contributed by atoms with Gasteiger partial charge in [-0.05, 0) is 12.8 Å². The van der Waals surface area contributed by atoms with Crippen molar-refractivity contribution in [3.05, 3.63) is 12.7 Å². The number of fused-ring (bicyclic) bond motifs is 1. The van der Waals surface area contributed by atoms with Gasteiger partial charge in [-0.25, -0.2) is 15.0 Å². The van der Waals surface area contributed by atoms with Crippen molar-refractivity contribution >= 4 is 17.0 Å². The van der Waals surface area contributed by atoms with Crippen LogP contribution in [0, 0.1) is 0 Å². The van der Waals surface area contributed by atoms with E-state index in [0.29, 0.717) is 23.5 Å². The number of nitrogens with zero attached hydrogens (tertiary/aromatic N) is 5. The number of halogens is 3. The van der Waals surface area contributed by atoms with Crippen LogP contribution in [0.15, 0.2) is 12.7 Å². The second kappa shape index (κ2) is 6.34. The molecule has 2 aromatic rings. The van der Waals surface area contributed by atoms with Crippen molar-refractivity contribution in [1.82, 2.24) is 19.5 Å².